The first-order valence-electron chi connectivity index (χ1n) is 7.63. The molecule has 1 aromatic heterocycles. The maximum atomic E-state index is 12.0. The van der Waals surface area contributed by atoms with E-state index in [0.29, 0.717) is 15.5 Å². The van der Waals surface area contributed by atoms with E-state index >= 15 is 0 Å². The molecule has 0 aliphatic rings. The Labute approximate surface area is 154 Å². The molecular weight excluding hydrogens is 362 g/mol. The molecule has 8 heteroatoms. The number of hydrogen-bond acceptors (Lipinski definition) is 4. The Morgan fingerprint density at radius 1 is 1.12 bits per heavy atom. The molecule has 0 bridgehead atoms. The summed E-state index contributed by atoms with van der Waals surface area (Å²) in [7, 11) is 0. The first-order chi connectivity index (χ1) is 11.9. The van der Waals surface area contributed by atoms with Gasteiger partial charge in [-0.25, -0.2) is 0 Å². The summed E-state index contributed by atoms with van der Waals surface area (Å²) in [5.41, 5.74) is 6.01. The van der Waals surface area contributed by atoms with Crippen molar-refractivity contribution in [2.45, 2.75) is 20.3 Å². The Bertz CT molecular complexity index is 804. The number of carbonyl (C=O) groups is 3. The summed E-state index contributed by atoms with van der Waals surface area (Å²) < 4.78 is 0. The van der Waals surface area contributed by atoms with Crippen molar-refractivity contribution in [3.63, 3.8) is 0 Å². The van der Waals surface area contributed by atoms with E-state index < -0.39 is 11.8 Å². The molecule has 25 heavy (non-hydrogen) atoms. The van der Waals surface area contributed by atoms with Crippen LogP contribution >= 0.6 is 22.9 Å². The van der Waals surface area contributed by atoms with Crippen LogP contribution in [0.25, 0.3) is 0 Å². The first-order valence-corrected chi connectivity index (χ1v) is 8.82. The number of nitrogens with one attached hydrogen (secondary N) is 3. The minimum atomic E-state index is -0.535. The Morgan fingerprint density at radius 2 is 1.88 bits per heavy atom. The molecule has 0 aliphatic carbocycles. The van der Waals surface area contributed by atoms with E-state index in [2.05, 4.69) is 16.2 Å². The normalized spacial score (nSPS) is 10.2. The molecule has 3 amide bonds. The van der Waals surface area contributed by atoms with Crippen molar-refractivity contribution < 1.29 is 14.4 Å². The topological polar surface area (TPSA) is 87.3 Å². The van der Waals surface area contributed by atoms with Crippen LogP contribution < -0.4 is 16.2 Å². The van der Waals surface area contributed by atoms with Gasteiger partial charge in [-0.1, -0.05) is 24.6 Å². The van der Waals surface area contributed by atoms with Crippen molar-refractivity contribution in [3.8, 4) is 0 Å². The van der Waals surface area contributed by atoms with E-state index in [0.717, 1.165) is 16.9 Å². The second-order valence-electron chi connectivity index (χ2n) is 5.27. The second-order valence-corrected chi connectivity index (χ2v) is 6.84. The Hall–Kier alpha value is -2.38. The van der Waals surface area contributed by atoms with Gasteiger partial charge in [0.05, 0.1) is 11.4 Å². The number of rotatable bonds is 5. The Morgan fingerprint density at radius 3 is 2.52 bits per heavy atom. The van der Waals surface area contributed by atoms with E-state index in [4.69, 9.17) is 11.6 Å². The van der Waals surface area contributed by atoms with Gasteiger partial charge in [-0.3, -0.25) is 25.2 Å². The summed E-state index contributed by atoms with van der Waals surface area (Å²) in [6.45, 7) is 3.69. The molecule has 0 unspecified atom stereocenters. The van der Waals surface area contributed by atoms with Crippen LogP contribution in [0.15, 0.2) is 30.3 Å². The lowest BCUT2D eigenvalue weighted by Gasteiger charge is -2.08. The highest BCUT2D eigenvalue weighted by Gasteiger charge is 2.13. The van der Waals surface area contributed by atoms with Gasteiger partial charge in [0.15, 0.2) is 0 Å². The van der Waals surface area contributed by atoms with Crippen molar-refractivity contribution in [1.29, 1.82) is 0 Å². The van der Waals surface area contributed by atoms with Gasteiger partial charge in [0.25, 0.3) is 17.7 Å². The molecule has 1 aromatic carbocycles. The zero-order valence-corrected chi connectivity index (χ0v) is 15.4. The minimum absolute atomic E-state index is 0.269. The van der Waals surface area contributed by atoms with Crippen LogP contribution in [0.3, 0.4) is 0 Å². The van der Waals surface area contributed by atoms with Gasteiger partial charge in [-0.15, -0.1) is 11.3 Å². The van der Waals surface area contributed by atoms with Gasteiger partial charge in [-0.2, -0.15) is 0 Å². The SMILES string of the molecule is CCc1sc(C(=O)NNC(=O)CNC(=O)c2cccc(Cl)c2)cc1C. The fourth-order valence-corrected chi connectivity index (χ4v) is 3.31. The van der Waals surface area contributed by atoms with Crippen molar-refractivity contribution in [2.75, 3.05) is 6.54 Å². The third kappa shape index (κ3) is 5.30. The van der Waals surface area contributed by atoms with Crippen LogP contribution in [0, 0.1) is 6.92 Å². The quantitative estimate of drug-likeness (QED) is 0.697. The molecule has 3 N–H and O–H groups in total. The predicted molar refractivity (Wildman–Crippen MR) is 97.8 cm³/mol. The average Bonchev–Trinajstić information content (AvgIpc) is 2.98. The van der Waals surface area contributed by atoms with Gasteiger partial charge in [0.2, 0.25) is 0 Å². The molecule has 0 aliphatic heterocycles. The standard InChI is InChI=1S/C17H18ClN3O3S/c1-3-13-10(2)7-14(25-13)17(24)21-20-15(22)9-19-16(23)11-5-4-6-12(18)8-11/h4-8H,3,9H2,1-2H3,(H,19,23)(H,20,22)(H,21,24). The molecule has 132 valence electrons. The highest BCUT2D eigenvalue weighted by atomic mass is 35.5. The first kappa shape index (κ1) is 19.0. The lowest BCUT2D eigenvalue weighted by molar-refractivity contribution is -0.120. The second kappa shape index (κ2) is 8.64. The van der Waals surface area contributed by atoms with Crippen LogP contribution in [0.4, 0.5) is 0 Å². The number of hydrogen-bond donors (Lipinski definition) is 3. The summed E-state index contributed by atoms with van der Waals surface area (Å²) in [4.78, 5) is 37.3. The number of halogens is 1. The molecule has 0 saturated carbocycles. The monoisotopic (exact) mass is 379 g/mol. The third-order valence-corrected chi connectivity index (χ3v) is 4.99. The van der Waals surface area contributed by atoms with E-state index in [1.165, 1.54) is 17.4 Å². The maximum Gasteiger partial charge on any atom is 0.279 e. The lowest BCUT2D eigenvalue weighted by atomic mass is 10.2. The van der Waals surface area contributed by atoms with E-state index in [-0.39, 0.29) is 12.5 Å². The molecular formula is C17H18ClN3O3S. The van der Waals surface area contributed by atoms with Crippen molar-refractivity contribution in [3.05, 3.63) is 56.2 Å². The van der Waals surface area contributed by atoms with Crippen LogP contribution in [-0.2, 0) is 11.2 Å². The highest BCUT2D eigenvalue weighted by Crippen LogP contribution is 2.21. The Kier molecular flexibility index (Phi) is 6.55. The Balaban J connectivity index is 1.80. The van der Waals surface area contributed by atoms with E-state index in [9.17, 15) is 14.4 Å². The smallest absolute Gasteiger partial charge is 0.279 e. The number of aryl methyl sites for hydroxylation is 2. The summed E-state index contributed by atoms with van der Waals surface area (Å²) in [5, 5.41) is 2.89. The van der Waals surface area contributed by atoms with Crippen LogP contribution in [-0.4, -0.2) is 24.3 Å². The number of carbonyl (C=O) groups excluding carboxylic acids is 3. The van der Waals surface area contributed by atoms with Gasteiger partial charge >= 0.3 is 0 Å². The fourth-order valence-electron chi connectivity index (χ4n) is 2.11. The van der Waals surface area contributed by atoms with Gasteiger partial charge in [0.1, 0.15) is 0 Å². The average molecular weight is 380 g/mol. The lowest BCUT2D eigenvalue weighted by Crippen LogP contribution is -2.46. The van der Waals surface area contributed by atoms with Crippen molar-refractivity contribution in [2.24, 2.45) is 0 Å². The summed E-state index contributed by atoms with van der Waals surface area (Å²) in [6, 6.07) is 8.17. The zero-order valence-electron chi connectivity index (χ0n) is 13.8. The van der Waals surface area contributed by atoms with Crippen LogP contribution in [0.1, 0.15) is 37.4 Å². The van der Waals surface area contributed by atoms with Crippen molar-refractivity contribution >= 4 is 40.7 Å². The van der Waals surface area contributed by atoms with Gasteiger partial charge in [0, 0.05) is 15.5 Å². The summed E-state index contributed by atoms with van der Waals surface area (Å²) >= 11 is 7.20. The molecule has 2 aromatic rings. The molecule has 0 fully saturated rings. The predicted octanol–water partition coefficient (Wildman–Crippen LogP) is 2.46. The van der Waals surface area contributed by atoms with Crippen LogP contribution in [0.5, 0.6) is 0 Å². The summed E-state index contributed by atoms with van der Waals surface area (Å²) in [5.74, 6) is -1.35. The largest absolute Gasteiger partial charge is 0.343 e. The number of thiophene rings is 1. The molecule has 0 spiro atoms. The minimum Gasteiger partial charge on any atom is -0.343 e. The highest BCUT2D eigenvalue weighted by molar-refractivity contribution is 7.14. The molecule has 0 radical (unpaired) electrons. The zero-order chi connectivity index (χ0) is 18.4. The molecule has 6 nitrogen and oxygen atoms in total. The molecule has 1 heterocycles. The van der Waals surface area contributed by atoms with Gasteiger partial charge in [-0.05, 0) is 43.2 Å². The fraction of sp³-hybridized carbons (Fsp3) is 0.235. The van der Waals surface area contributed by atoms with Crippen LogP contribution in [0.2, 0.25) is 5.02 Å². The molecule has 0 saturated heterocycles. The summed E-state index contributed by atoms with van der Waals surface area (Å²) in [6.07, 6.45) is 0.853. The van der Waals surface area contributed by atoms with E-state index in [1.807, 2.05) is 13.8 Å². The number of benzene rings is 1. The van der Waals surface area contributed by atoms with Gasteiger partial charge < -0.3 is 5.32 Å². The third-order valence-electron chi connectivity index (χ3n) is 3.38. The maximum absolute atomic E-state index is 12.0. The number of amides is 3. The van der Waals surface area contributed by atoms with Crippen molar-refractivity contribution in [1.82, 2.24) is 16.2 Å². The number of hydrazine groups is 1. The molecule has 0 atom stereocenters. The van der Waals surface area contributed by atoms with E-state index in [1.54, 1.807) is 24.3 Å². The molecule has 2 rings (SSSR count).